The molecule has 1 aliphatic heterocycles. The zero-order valence-corrected chi connectivity index (χ0v) is 14.9. The molecular weight excluding hydrogens is 318 g/mol. The Balaban J connectivity index is 1.62. The van der Waals surface area contributed by atoms with Crippen LogP contribution in [0.25, 0.3) is 0 Å². The molecule has 0 spiro atoms. The Hall–Kier alpha value is -2.27. The SMILES string of the molecule is Cc1cccc(C)c1NC(=S)N1CCN(c2ccccc2O)CC1. The maximum atomic E-state index is 10.0. The number of nitrogens with one attached hydrogen (secondary N) is 1. The lowest BCUT2D eigenvalue weighted by atomic mass is 10.1. The molecule has 0 aromatic heterocycles. The quantitative estimate of drug-likeness (QED) is 0.818. The van der Waals surface area contributed by atoms with Gasteiger partial charge in [-0.25, -0.2) is 0 Å². The highest BCUT2D eigenvalue weighted by molar-refractivity contribution is 7.80. The van der Waals surface area contributed by atoms with Gasteiger partial charge >= 0.3 is 0 Å². The van der Waals surface area contributed by atoms with Crippen LogP contribution >= 0.6 is 12.2 Å². The van der Waals surface area contributed by atoms with Gasteiger partial charge in [-0.2, -0.15) is 0 Å². The van der Waals surface area contributed by atoms with Gasteiger partial charge in [0, 0.05) is 31.9 Å². The van der Waals surface area contributed by atoms with E-state index < -0.39 is 0 Å². The zero-order valence-electron chi connectivity index (χ0n) is 14.1. The van der Waals surface area contributed by atoms with Crippen LogP contribution < -0.4 is 10.2 Å². The Bertz CT molecular complexity index is 719. The van der Waals surface area contributed by atoms with Crippen LogP contribution in [0.15, 0.2) is 42.5 Å². The van der Waals surface area contributed by atoms with Gasteiger partial charge < -0.3 is 20.2 Å². The van der Waals surface area contributed by atoms with Crippen molar-refractivity contribution in [1.82, 2.24) is 4.90 Å². The number of aromatic hydroxyl groups is 1. The number of nitrogens with zero attached hydrogens (tertiary/aromatic N) is 2. The minimum absolute atomic E-state index is 0.335. The average molecular weight is 341 g/mol. The summed E-state index contributed by atoms with van der Waals surface area (Å²) in [5.74, 6) is 0.335. The molecule has 0 aliphatic carbocycles. The van der Waals surface area contributed by atoms with Crippen molar-refractivity contribution < 1.29 is 5.11 Å². The molecule has 2 aromatic carbocycles. The van der Waals surface area contributed by atoms with E-state index in [0.29, 0.717) is 5.75 Å². The van der Waals surface area contributed by atoms with Crippen molar-refractivity contribution >= 4 is 28.7 Å². The summed E-state index contributed by atoms with van der Waals surface area (Å²) in [7, 11) is 0. The molecule has 0 bridgehead atoms. The van der Waals surface area contributed by atoms with Crippen molar-refractivity contribution in [3.63, 3.8) is 0 Å². The Labute approximate surface area is 148 Å². The van der Waals surface area contributed by atoms with Crippen molar-refractivity contribution in [2.24, 2.45) is 0 Å². The summed E-state index contributed by atoms with van der Waals surface area (Å²) < 4.78 is 0. The van der Waals surface area contributed by atoms with Crippen LogP contribution in [0.2, 0.25) is 0 Å². The second kappa shape index (κ2) is 7.09. The lowest BCUT2D eigenvalue weighted by Crippen LogP contribution is -2.50. The molecule has 1 aliphatic rings. The summed E-state index contributed by atoms with van der Waals surface area (Å²) in [6.07, 6.45) is 0. The lowest BCUT2D eigenvalue weighted by molar-refractivity contribution is 0.387. The molecular formula is C19H23N3OS. The van der Waals surface area contributed by atoms with Gasteiger partial charge in [0.05, 0.1) is 5.69 Å². The molecule has 5 heteroatoms. The smallest absolute Gasteiger partial charge is 0.173 e. The summed E-state index contributed by atoms with van der Waals surface area (Å²) in [4.78, 5) is 4.39. The summed E-state index contributed by atoms with van der Waals surface area (Å²) >= 11 is 5.60. The minimum atomic E-state index is 0.335. The molecule has 2 aromatic rings. The number of rotatable bonds is 2. The highest BCUT2D eigenvalue weighted by Crippen LogP contribution is 2.27. The van der Waals surface area contributed by atoms with E-state index in [9.17, 15) is 5.11 Å². The third-order valence-electron chi connectivity index (χ3n) is 4.50. The number of hydrogen-bond donors (Lipinski definition) is 2. The van der Waals surface area contributed by atoms with Crippen LogP contribution in [0.1, 0.15) is 11.1 Å². The van der Waals surface area contributed by atoms with Gasteiger partial charge in [-0.05, 0) is 49.3 Å². The fourth-order valence-corrected chi connectivity index (χ4v) is 3.36. The van der Waals surface area contributed by atoms with E-state index in [4.69, 9.17) is 12.2 Å². The first-order chi connectivity index (χ1) is 11.6. The minimum Gasteiger partial charge on any atom is -0.506 e. The van der Waals surface area contributed by atoms with E-state index >= 15 is 0 Å². The van der Waals surface area contributed by atoms with Crippen molar-refractivity contribution in [3.05, 3.63) is 53.6 Å². The van der Waals surface area contributed by atoms with Gasteiger partial charge in [-0.1, -0.05) is 30.3 Å². The van der Waals surface area contributed by atoms with Gasteiger partial charge in [-0.3, -0.25) is 0 Å². The largest absolute Gasteiger partial charge is 0.506 e. The molecule has 0 amide bonds. The highest BCUT2D eigenvalue weighted by Gasteiger charge is 2.21. The lowest BCUT2D eigenvalue weighted by Gasteiger charge is -2.37. The number of hydrogen-bond acceptors (Lipinski definition) is 3. The maximum absolute atomic E-state index is 10.0. The zero-order chi connectivity index (χ0) is 17.1. The fourth-order valence-electron chi connectivity index (χ4n) is 3.08. The van der Waals surface area contributed by atoms with Gasteiger partial charge in [0.15, 0.2) is 5.11 Å². The number of para-hydroxylation sites is 3. The van der Waals surface area contributed by atoms with Crippen molar-refractivity contribution in [1.29, 1.82) is 0 Å². The average Bonchev–Trinajstić information content (AvgIpc) is 2.59. The first-order valence-electron chi connectivity index (χ1n) is 8.21. The fraction of sp³-hybridized carbons (Fsp3) is 0.316. The van der Waals surface area contributed by atoms with Crippen LogP contribution in [0.5, 0.6) is 5.75 Å². The van der Waals surface area contributed by atoms with Gasteiger partial charge in [-0.15, -0.1) is 0 Å². The molecule has 0 saturated carbocycles. The van der Waals surface area contributed by atoms with E-state index in [1.165, 1.54) is 11.1 Å². The summed E-state index contributed by atoms with van der Waals surface area (Å²) in [6, 6.07) is 13.7. The molecule has 126 valence electrons. The third kappa shape index (κ3) is 3.46. The monoisotopic (exact) mass is 341 g/mol. The molecule has 0 radical (unpaired) electrons. The Morgan fingerprint density at radius 3 is 2.21 bits per heavy atom. The number of aryl methyl sites for hydroxylation is 2. The Morgan fingerprint density at radius 1 is 0.958 bits per heavy atom. The van der Waals surface area contributed by atoms with E-state index in [2.05, 4.69) is 47.2 Å². The number of benzene rings is 2. The first kappa shape index (κ1) is 16.6. The number of piperazine rings is 1. The van der Waals surface area contributed by atoms with Crippen LogP contribution in [-0.2, 0) is 0 Å². The van der Waals surface area contributed by atoms with E-state index in [1.54, 1.807) is 6.07 Å². The summed E-state index contributed by atoms with van der Waals surface area (Å²) in [6.45, 7) is 7.54. The van der Waals surface area contributed by atoms with Crippen LogP contribution in [0.3, 0.4) is 0 Å². The molecule has 2 N–H and O–H groups in total. The predicted molar refractivity (Wildman–Crippen MR) is 104 cm³/mol. The van der Waals surface area contributed by atoms with Crippen molar-refractivity contribution in [2.75, 3.05) is 36.4 Å². The second-order valence-electron chi connectivity index (χ2n) is 6.16. The van der Waals surface area contributed by atoms with Crippen LogP contribution in [0, 0.1) is 13.8 Å². The first-order valence-corrected chi connectivity index (χ1v) is 8.62. The molecule has 3 rings (SSSR count). The molecule has 0 unspecified atom stereocenters. The molecule has 24 heavy (non-hydrogen) atoms. The maximum Gasteiger partial charge on any atom is 0.173 e. The predicted octanol–water partition coefficient (Wildman–Crippen LogP) is 3.53. The normalized spacial score (nSPS) is 14.6. The molecule has 1 heterocycles. The molecule has 4 nitrogen and oxygen atoms in total. The molecule has 1 saturated heterocycles. The van der Waals surface area contributed by atoms with E-state index in [-0.39, 0.29) is 0 Å². The van der Waals surface area contributed by atoms with E-state index in [1.807, 2.05) is 18.2 Å². The van der Waals surface area contributed by atoms with Gasteiger partial charge in [0.25, 0.3) is 0 Å². The molecule has 0 atom stereocenters. The van der Waals surface area contributed by atoms with E-state index in [0.717, 1.165) is 42.7 Å². The van der Waals surface area contributed by atoms with Crippen LogP contribution in [0.4, 0.5) is 11.4 Å². The topological polar surface area (TPSA) is 38.7 Å². The summed E-state index contributed by atoms with van der Waals surface area (Å²) in [5.41, 5.74) is 4.40. The molecule has 1 fully saturated rings. The number of phenolic OH excluding ortho intramolecular Hbond substituents is 1. The Kier molecular flexibility index (Phi) is 4.90. The second-order valence-corrected chi connectivity index (χ2v) is 6.55. The van der Waals surface area contributed by atoms with Gasteiger partial charge in [0.2, 0.25) is 0 Å². The number of thiocarbonyl (C=S) groups is 1. The number of anilines is 2. The van der Waals surface area contributed by atoms with Gasteiger partial charge in [0.1, 0.15) is 5.75 Å². The van der Waals surface area contributed by atoms with Crippen molar-refractivity contribution in [2.45, 2.75) is 13.8 Å². The third-order valence-corrected chi connectivity index (χ3v) is 4.86. The highest BCUT2D eigenvalue weighted by atomic mass is 32.1. The Morgan fingerprint density at radius 2 is 1.58 bits per heavy atom. The standard InChI is InChI=1S/C19H23N3OS/c1-14-6-5-7-15(2)18(14)20-19(24)22-12-10-21(11-13-22)16-8-3-4-9-17(16)23/h3-9,23H,10-13H2,1-2H3,(H,20,24). The van der Waals surface area contributed by atoms with Crippen LogP contribution in [-0.4, -0.2) is 41.3 Å². The summed E-state index contributed by atoms with van der Waals surface area (Å²) in [5, 5.41) is 14.2. The number of phenols is 1. The van der Waals surface area contributed by atoms with Crippen molar-refractivity contribution in [3.8, 4) is 5.75 Å².